The summed E-state index contributed by atoms with van der Waals surface area (Å²) in [6.07, 6.45) is -0.720. The van der Waals surface area contributed by atoms with Crippen LogP contribution in [0, 0.1) is 0 Å². The van der Waals surface area contributed by atoms with E-state index in [0.717, 1.165) is 26.2 Å². The molecule has 4 heteroatoms. The third-order valence-electron chi connectivity index (χ3n) is 2.41. The van der Waals surface area contributed by atoms with Crippen molar-refractivity contribution in [2.75, 3.05) is 26.2 Å². The quantitative estimate of drug-likeness (QED) is 0.580. The number of hydrogen-bond acceptors (Lipinski definition) is 4. The summed E-state index contributed by atoms with van der Waals surface area (Å²) < 4.78 is 0. The first kappa shape index (κ1) is 9.92. The van der Waals surface area contributed by atoms with Crippen LogP contribution in [-0.4, -0.2) is 58.6 Å². The van der Waals surface area contributed by atoms with E-state index in [1.165, 1.54) is 0 Å². The van der Waals surface area contributed by atoms with Crippen molar-refractivity contribution in [3.63, 3.8) is 0 Å². The second kappa shape index (κ2) is 4.18. The maximum Gasteiger partial charge on any atom is 0.104 e. The molecule has 1 heterocycles. The molecule has 0 aromatic carbocycles. The van der Waals surface area contributed by atoms with E-state index >= 15 is 0 Å². The number of aliphatic hydroxyl groups excluding tert-OH is 2. The predicted molar refractivity (Wildman–Crippen MR) is 46.5 cm³/mol. The van der Waals surface area contributed by atoms with E-state index in [1.807, 2.05) is 9.80 Å². The first-order chi connectivity index (χ1) is 5.61. The van der Waals surface area contributed by atoms with Crippen molar-refractivity contribution in [3.05, 3.63) is 0 Å². The summed E-state index contributed by atoms with van der Waals surface area (Å²) >= 11 is 0. The summed E-state index contributed by atoms with van der Waals surface area (Å²) in [6, 6.07) is 0. The molecule has 72 valence electrons. The van der Waals surface area contributed by atoms with Gasteiger partial charge in [-0.15, -0.1) is 0 Å². The Bertz CT molecular complexity index is 115. The standard InChI is InChI=1S/C8H18N2O2/c1-7(11)9-3-5-10(6-4-9)8(2)12/h7-8,11-12H,3-6H2,1-2H3/t7-,8-/m0/s1. The topological polar surface area (TPSA) is 46.9 Å². The van der Waals surface area contributed by atoms with Crippen LogP contribution in [0.4, 0.5) is 0 Å². The summed E-state index contributed by atoms with van der Waals surface area (Å²) in [6.45, 7) is 6.90. The molecule has 0 amide bonds. The molecule has 0 aliphatic carbocycles. The third-order valence-corrected chi connectivity index (χ3v) is 2.41. The van der Waals surface area contributed by atoms with E-state index in [-0.39, 0.29) is 12.5 Å². The number of aliphatic hydroxyl groups is 2. The van der Waals surface area contributed by atoms with Crippen molar-refractivity contribution in [1.29, 1.82) is 0 Å². The molecule has 0 bridgehead atoms. The van der Waals surface area contributed by atoms with Crippen molar-refractivity contribution >= 4 is 0 Å². The van der Waals surface area contributed by atoms with Gasteiger partial charge < -0.3 is 10.2 Å². The van der Waals surface area contributed by atoms with Gasteiger partial charge in [0.05, 0.1) is 0 Å². The molecular formula is C8H18N2O2. The van der Waals surface area contributed by atoms with Gasteiger partial charge in [0, 0.05) is 26.2 Å². The zero-order valence-electron chi connectivity index (χ0n) is 7.77. The molecule has 1 rings (SSSR count). The lowest BCUT2D eigenvalue weighted by Gasteiger charge is -2.37. The maximum absolute atomic E-state index is 9.25. The molecule has 2 atom stereocenters. The highest BCUT2D eigenvalue weighted by atomic mass is 16.3. The molecule has 0 aromatic heterocycles. The van der Waals surface area contributed by atoms with Gasteiger partial charge in [-0.05, 0) is 13.8 Å². The molecule has 4 nitrogen and oxygen atoms in total. The number of nitrogens with zero attached hydrogens (tertiary/aromatic N) is 2. The molecule has 1 aliphatic heterocycles. The van der Waals surface area contributed by atoms with Gasteiger partial charge in [0.15, 0.2) is 0 Å². The number of hydrogen-bond donors (Lipinski definition) is 2. The molecule has 1 saturated heterocycles. The van der Waals surface area contributed by atoms with Crippen molar-refractivity contribution < 1.29 is 10.2 Å². The molecule has 1 aliphatic rings. The number of piperazine rings is 1. The van der Waals surface area contributed by atoms with Crippen LogP contribution in [0.2, 0.25) is 0 Å². The lowest BCUT2D eigenvalue weighted by Crippen LogP contribution is -2.51. The Morgan fingerprint density at radius 3 is 1.25 bits per heavy atom. The largest absolute Gasteiger partial charge is 0.379 e. The van der Waals surface area contributed by atoms with Gasteiger partial charge in [-0.2, -0.15) is 0 Å². The summed E-state index contributed by atoms with van der Waals surface area (Å²) in [5.41, 5.74) is 0. The van der Waals surface area contributed by atoms with Gasteiger partial charge in [-0.3, -0.25) is 9.80 Å². The van der Waals surface area contributed by atoms with Crippen molar-refractivity contribution in [1.82, 2.24) is 9.80 Å². The van der Waals surface area contributed by atoms with E-state index < -0.39 is 0 Å². The SMILES string of the molecule is C[C@H](O)N1CCN([C@H](C)O)CC1. The average molecular weight is 174 g/mol. The van der Waals surface area contributed by atoms with Crippen molar-refractivity contribution in [2.24, 2.45) is 0 Å². The molecule has 12 heavy (non-hydrogen) atoms. The fourth-order valence-corrected chi connectivity index (χ4v) is 1.48. The maximum atomic E-state index is 9.25. The van der Waals surface area contributed by atoms with E-state index in [0.29, 0.717) is 0 Å². The van der Waals surface area contributed by atoms with Gasteiger partial charge in [-0.25, -0.2) is 0 Å². The van der Waals surface area contributed by atoms with Crippen LogP contribution in [0.1, 0.15) is 13.8 Å². The summed E-state index contributed by atoms with van der Waals surface area (Å²) in [4.78, 5) is 4.00. The van der Waals surface area contributed by atoms with Crippen LogP contribution in [-0.2, 0) is 0 Å². The van der Waals surface area contributed by atoms with E-state index in [2.05, 4.69) is 0 Å². The molecule has 0 spiro atoms. The molecule has 0 saturated carbocycles. The minimum Gasteiger partial charge on any atom is -0.379 e. The Morgan fingerprint density at radius 2 is 1.08 bits per heavy atom. The molecule has 0 aromatic rings. The van der Waals surface area contributed by atoms with Gasteiger partial charge >= 0.3 is 0 Å². The second-order valence-electron chi connectivity index (χ2n) is 3.34. The van der Waals surface area contributed by atoms with Crippen LogP contribution >= 0.6 is 0 Å². The highest BCUT2D eigenvalue weighted by Gasteiger charge is 2.21. The minimum absolute atomic E-state index is 0.360. The molecule has 1 fully saturated rings. The zero-order valence-corrected chi connectivity index (χ0v) is 7.77. The van der Waals surface area contributed by atoms with Crippen LogP contribution < -0.4 is 0 Å². The normalized spacial score (nSPS) is 27.0. The van der Waals surface area contributed by atoms with Crippen LogP contribution in [0.3, 0.4) is 0 Å². The Hall–Kier alpha value is -0.160. The molecule has 0 unspecified atom stereocenters. The highest BCUT2D eigenvalue weighted by molar-refractivity contribution is 4.72. The molecule has 2 N–H and O–H groups in total. The predicted octanol–water partition coefficient (Wildman–Crippen LogP) is -0.719. The smallest absolute Gasteiger partial charge is 0.104 e. The Balaban J connectivity index is 2.30. The van der Waals surface area contributed by atoms with Crippen LogP contribution in [0.5, 0.6) is 0 Å². The van der Waals surface area contributed by atoms with Crippen LogP contribution in [0.15, 0.2) is 0 Å². The highest BCUT2D eigenvalue weighted by Crippen LogP contribution is 2.06. The van der Waals surface area contributed by atoms with Crippen molar-refractivity contribution in [2.45, 2.75) is 26.3 Å². The fourth-order valence-electron chi connectivity index (χ4n) is 1.48. The zero-order chi connectivity index (χ0) is 9.14. The van der Waals surface area contributed by atoms with Gasteiger partial charge in [0.2, 0.25) is 0 Å². The van der Waals surface area contributed by atoms with Crippen molar-refractivity contribution in [3.8, 4) is 0 Å². The van der Waals surface area contributed by atoms with Crippen LogP contribution in [0.25, 0.3) is 0 Å². The first-order valence-electron chi connectivity index (χ1n) is 4.45. The summed E-state index contributed by atoms with van der Waals surface area (Å²) in [5, 5.41) is 18.5. The van der Waals surface area contributed by atoms with Gasteiger partial charge in [-0.1, -0.05) is 0 Å². The van der Waals surface area contributed by atoms with E-state index in [1.54, 1.807) is 13.8 Å². The molecule has 0 radical (unpaired) electrons. The lowest BCUT2D eigenvalue weighted by molar-refractivity contribution is -0.0564. The summed E-state index contributed by atoms with van der Waals surface area (Å²) in [5.74, 6) is 0. The fraction of sp³-hybridized carbons (Fsp3) is 1.00. The Kier molecular flexibility index (Phi) is 3.46. The third kappa shape index (κ3) is 2.42. The van der Waals surface area contributed by atoms with E-state index in [4.69, 9.17) is 0 Å². The lowest BCUT2D eigenvalue weighted by atomic mass is 10.3. The molecular weight excluding hydrogens is 156 g/mol. The second-order valence-corrected chi connectivity index (χ2v) is 3.34. The van der Waals surface area contributed by atoms with E-state index in [9.17, 15) is 10.2 Å². The van der Waals surface area contributed by atoms with Gasteiger partial charge in [0.25, 0.3) is 0 Å². The summed E-state index contributed by atoms with van der Waals surface area (Å²) in [7, 11) is 0. The Labute approximate surface area is 73.4 Å². The Morgan fingerprint density at radius 1 is 0.833 bits per heavy atom. The minimum atomic E-state index is -0.360. The first-order valence-corrected chi connectivity index (χ1v) is 4.45. The number of rotatable bonds is 2. The monoisotopic (exact) mass is 174 g/mol. The van der Waals surface area contributed by atoms with Gasteiger partial charge in [0.1, 0.15) is 12.5 Å². The average Bonchev–Trinajstić information content (AvgIpc) is 2.04.